The van der Waals surface area contributed by atoms with Crippen LogP contribution in [0.1, 0.15) is 26.2 Å². The van der Waals surface area contributed by atoms with Crippen molar-refractivity contribution in [3.63, 3.8) is 0 Å². The molecule has 4 heteroatoms. The van der Waals surface area contributed by atoms with Crippen molar-refractivity contribution in [2.75, 3.05) is 0 Å². The van der Waals surface area contributed by atoms with Crippen LogP contribution in [0.2, 0.25) is 0 Å². The summed E-state index contributed by atoms with van der Waals surface area (Å²) in [6, 6.07) is 7.79. The molecule has 0 unspecified atom stereocenters. The number of oxazole rings is 1. The third-order valence-corrected chi connectivity index (χ3v) is 2.74. The van der Waals surface area contributed by atoms with Crippen molar-refractivity contribution in [2.45, 2.75) is 20.3 Å². The fourth-order valence-corrected chi connectivity index (χ4v) is 1.86. The van der Waals surface area contributed by atoms with Crippen LogP contribution in [0.4, 0.5) is 0 Å². The van der Waals surface area contributed by atoms with Crippen LogP contribution in [0.5, 0.6) is 0 Å². The number of allylic oxidation sites excluding steroid dienone is 3. The third-order valence-electron chi connectivity index (χ3n) is 2.74. The van der Waals surface area contributed by atoms with Gasteiger partial charge >= 0.3 is 5.89 Å². The number of hydrogen-bond acceptors (Lipinski definition) is 3. The Bertz CT molecular complexity index is 605. The third kappa shape index (κ3) is 3.10. The van der Waals surface area contributed by atoms with Crippen LogP contribution >= 0.6 is 0 Å². The van der Waals surface area contributed by atoms with Gasteiger partial charge in [0.1, 0.15) is 0 Å². The highest BCUT2D eigenvalue weighted by Gasteiger charge is 2.09. The maximum absolute atomic E-state index is 5.58. The number of H-pyrrole nitrogens is 1. The van der Waals surface area contributed by atoms with Crippen molar-refractivity contribution in [1.82, 2.24) is 5.43 Å². The first-order valence-electron chi connectivity index (χ1n) is 5.98. The van der Waals surface area contributed by atoms with Gasteiger partial charge in [-0.3, -0.25) is 5.43 Å². The van der Waals surface area contributed by atoms with Crippen molar-refractivity contribution < 1.29 is 9.40 Å². The minimum absolute atomic E-state index is 0. The number of benzene rings is 1. The predicted molar refractivity (Wildman–Crippen MR) is 76.7 cm³/mol. The van der Waals surface area contributed by atoms with Crippen LogP contribution in [-0.4, -0.2) is 6.21 Å². The van der Waals surface area contributed by atoms with Crippen LogP contribution < -0.4 is 10.4 Å². The highest BCUT2D eigenvalue weighted by atomic mass is 16.3. The maximum atomic E-state index is 5.58. The lowest BCUT2D eigenvalue weighted by molar-refractivity contribution is -0.355. The van der Waals surface area contributed by atoms with E-state index in [0.29, 0.717) is 5.89 Å². The summed E-state index contributed by atoms with van der Waals surface area (Å²) in [5, 5.41) is 4.14. The second kappa shape index (κ2) is 6.00. The predicted octanol–water partition coefficient (Wildman–Crippen LogP) is 3.04. The zero-order valence-corrected chi connectivity index (χ0v) is 9.89. The molecule has 0 saturated carbocycles. The van der Waals surface area contributed by atoms with Crippen LogP contribution in [0, 0.1) is 0 Å². The van der Waals surface area contributed by atoms with Gasteiger partial charge in [0.15, 0.2) is 6.21 Å². The number of nitrogens with zero attached hydrogens (tertiary/aromatic N) is 1. The number of hydrogen-bond donors (Lipinski definition) is 1. The molecule has 1 aromatic carbocycles. The van der Waals surface area contributed by atoms with E-state index >= 15 is 0 Å². The minimum atomic E-state index is 0. The van der Waals surface area contributed by atoms with Gasteiger partial charge in [-0.2, -0.15) is 10.1 Å². The van der Waals surface area contributed by atoms with Crippen LogP contribution in [0.3, 0.4) is 0 Å². The Morgan fingerprint density at radius 2 is 2.16 bits per heavy atom. The zero-order valence-electron chi connectivity index (χ0n) is 9.89. The number of aromatic amines is 1. The summed E-state index contributed by atoms with van der Waals surface area (Å²) in [5.41, 5.74) is 5.80. The van der Waals surface area contributed by atoms with Crippen LogP contribution in [-0.2, 0) is 0 Å². The Morgan fingerprint density at radius 3 is 2.95 bits per heavy atom. The Kier molecular flexibility index (Phi) is 4.13. The van der Waals surface area contributed by atoms with Gasteiger partial charge in [0.25, 0.3) is 0 Å². The quantitative estimate of drug-likeness (QED) is 0.678. The Hall–Kier alpha value is -2.36. The molecule has 4 nitrogen and oxygen atoms in total. The molecule has 1 heterocycles. The van der Waals surface area contributed by atoms with Gasteiger partial charge in [-0.15, -0.1) is 0 Å². The van der Waals surface area contributed by atoms with Gasteiger partial charge in [-0.05, 0) is 25.0 Å². The first-order valence-corrected chi connectivity index (χ1v) is 5.98. The molecule has 0 bridgehead atoms. The second-order valence-corrected chi connectivity index (χ2v) is 4.10. The first-order chi connectivity index (χ1) is 8.92. The highest BCUT2D eigenvalue weighted by Crippen LogP contribution is 2.09. The minimum Gasteiger partial charge on any atom is -0.397 e. The molecule has 0 saturated heterocycles. The van der Waals surface area contributed by atoms with Crippen molar-refractivity contribution in [3.8, 4) is 0 Å². The molecule has 0 atom stereocenters. The molecular weight excluding hydrogens is 238 g/mol. The molecule has 1 aromatic heterocycles. The van der Waals surface area contributed by atoms with Gasteiger partial charge in [0, 0.05) is 6.07 Å². The monoisotopic (exact) mass is 256 g/mol. The second-order valence-electron chi connectivity index (χ2n) is 4.10. The highest BCUT2D eigenvalue weighted by molar-refractivity contribution is 5.76. The average Bonchev–Trinajstić information content (AvgIpc) is 2.82. The van der Waals surface area contributed by atoms with E-state index in [9.17, 15) is 0 Å². The van der Waals surface area contributed by atoms with E-state index in [1.165, 1.54) is 0 Å². The normalized spacial score (nSPS) is 14.4. The lowest BCUT2D eigenvalue weighted by atomic mass is 10.2. The van der Waals surface area contributed by atoms with E-state index in [0.717, 1.165) is 29.6 Å². The van der Waals surface area contributed by atoms with Gasteiger partial charge in [0.2, 0.25) is 11.1 Å². The van der Waals surface area contributed by atoms with E-state index in [4.69, 9.17) is 4.42 Å². The van der Waals surface area contributed by atoms with Gasteiger partial charge < -0.3 is 4.42 Å². The molecule has 0 amide bonds. The molecule has 0 fully saturated rings. The van der Waals surface area contributed by atoms with Gasteiger partial charge in [-0.1, -0.05) is 31.7 Å². The van der Waals surface area contributed by atoms with Crippen LogP contribution in [0.25, 0.3) is 11.1 Å². The fourth-order valence-electron chi connectivity index (χ4n) is 1.86. The molecule has 0 radical (unpaired) electrons. The average molecular weight is 256 g/mol. The van der Waals surface area contributed by atoms with E-state index in [1.54, 1.807) is 6.21 Å². The Balaban J connectivity index is 0.00000133. The molecule has 1 aliphatic rings. The molecule has 3 rings (SSSR count). The standard InChI is InChI=1S/C14H13N3O.CH4/c1-2-6-11(7-3-1)17-15-10-14-16-12-8-4-5-9-13(12)18-14;/h2,4-10,17H,1,3H2;1H4/p+1/b15-10+;. The van der Waals surface area contributed by atoms with Crippen molar-refractivity contribution in [3.05, 3.63) is 54.1 Å². The summed E-state index contributed by atoms with van der Waals surface area (Å²) >= 11 is 0. The molecular formula is C15H18N3O+. The van der Waals surface area contributed by atoms with E-state index in [2.05, 4.69) is 27.7 Å². The fraction of sp³-hybridized carbons (Fsp3) is 0.200. The van der Waals surface area contributed by atoms with Gasteiger partial charge in [0.05, 0.1) is 5.70 Å². The molecule has 19 heavy (non-hydrogen) atoms. The van der Waals surface area contributed by atoms with Crippen molar-refractivity contribution in [1.29, 1.82) is 0 Å². The van der Waals surface area contributed by atoms with Crippen molar-refractivity contribution in [2.24, 2.45) is 5.10 Å². The number of rotatable bonds is 3. The Labute approximate surface area is 112 Å². The summed E-state index contributed by atoms with van der Waals surface area (Å²) in [6.45, 7) is 0. The number of para-hydroxylation sites is 2. The lowest BCUT2D eigenvalue weighted by Gasteiger charge is -2.03. The zero-order chi connectivity index (χ0) is 12.2. The van der Waals surface area contributed by atoms with E-state index in [1.807, 2.05) is 30.3 Å². The first kappa shape index (κ1) is 13.1. The topological polar surface area (TPSA) is 51.7 Å². The summed E-state index contributed by atoms with van der Waals surface area (Å²) < 4.78 is 5.58. The van der Waals surface area contributed by atoms with Crippen LogP contribution in [0.15, 0.2) is 57.7 Å². The smallest absolute Gasteiger partial charge is 0.393 e. The van der Waals surface area contributed by atoms with Crippen molar-refractivity contribution >= 4 is 17.3 Å². The van der Waals surface area contributed by atoms with Gasteiger partial charge in [-0.25, -0.2) is 0 Å². The lowest BCUT2D eigenvalue weighted by Crippen LogP contribution is -2.09. The summed E-state index contributed by atoms with van der Waals surface area (Å²) in [4.78, 5) is 3.14. The Morgan fingerprint density at radius 1 is 1.26 bits per heavy atom. The molecule has 0 spiro atoms. The SMILES string of the molecule is C.C1=CC(N/N=C/c2[nH+]c3ccccc3o2)=CCC1. The van der Waals surface area contributed by atoms with E-state index < -0.39 is 0 Å². The summed E-state index contributed by atoms with van der Waals surface area (Å²) in [5.74, 6) is 0.629. The summed E-state index contributed by atoms with van der Waals surface area (Å²) in [6.07, 6.45) is 10.1. The molecule has 2 N–H and O–H groups in total. The molecule has 0 aliphatic heterocycles. The number of hydrazone groups is 1. The van der Waals surface area contributed by atoms with E-state index in [-0.39, 0.29) is 7.43 Å². The number of fused-ring (bicyclic) bond motifs is 1. The number of aromatic nitrogens is 1. The number of nitrogens with one attached hydrogen (secondary N) is 2. The molecule has 2 aromatic rings. The summed E-state index contributed by atoms with van der Waals surface area (Å²) in [7, 11) is 0. The largest absolute Gasteiger partial charge is 0.397 e. The molecule has 98 valence electrons. The molecule has 1 aliphatic carbocycles. The maximum Gasteiger partial charge on any atom is 0.393 e.